The molecule has 0 spiro atoms. The standard InChI is InChI=1S/C26H36ClN3O4S/c1-7-20(5)28-26(32)23(8-2)29(16-21-11-9-10-18(3)14-21)25(31)17-30(35(6,33)34)24-13-12-22(27)15-19(24)4/h9-15,20,23H,7-8,16-17H2,1-6H3,(H,28,32)/t20-,23+/m1/s1. The average Bonchev–Trinajstić information content (AvgIpc) is 2.76. The van der Waals surface area contributed by atoms with Gasteiger partial charge in [0.15, 0.2) is 0 Å². The third kappa shape index (κ3) is 7.97. The minimum atomic E-state index is -3.79. The Morgan fingerprint density at radius 2 is 1.74 bits per heavy atom. The smallest absolute Gasteiger partial charge is 0.244 e. The van der Waals surface area contributed by atoms with Gasteiger partial charge < -0.3 is 10.2 Å². The van der Waals surface area contributed by atoms with Gasteiger partial charge in [-0.2, -0.15) is 0 Å². The molecule has 2 aromatic rings. The Kier molecular flexibility index (Phi) is 10.2. The molecule has 0 aliphatic heterocycles. The predicted molar refractivity (Wildman–Crippen MR) is 142 cm³/mol. The number of rotatable bonds is 11. The number of carbonyl (C=O) groups excluding carboxylic acids is 2. The van der Waals surface area contributed by atoms with Gasteiger partial charge in [0.05, 0.1) is 11.9 Å². The molecule has 0 aliphatic rings. The van der Waals surface area contributed by atoms with Crippen LogP contribution in [-0.2, 0) is 26.2 Å². The third-order valence-electron chi connectivity index (χ3n) is 5.93. The Hall–Kier alpha value is -2.58. The van der Waals surface area contributed by atoms with E-state index in [1.165, 1.54) is 4.90 Å². The quantitative estimate of drug-likeness (QED) is 0.473. The second-order valence-corrected chi connectivity index (χ2v) is 11.3. The molecule has 0 unspecified atom stereocenters. The highest BCUT2D eigenvalue weighted by Crippen LogP contribution is 2.26. The van der Waals surface area contributed by atoms with Gasteiger partial charge in [0, 0.05) is 17.6 Å². The van der Waals surface area contributed by atoms with Crippen molar-refractivity contribution in [3.63, 3.8) is 0 Å². The molecule has 7 nitrogen and oxygen atoms in total. The van der Waals surface area contributed by atoms with Crippen LogP contribution in [0.15, 0.2) is 42.5 Å². The first-order chi connectivity index (χ1) is 16.4. The molecule has 35 heavy (non-hydrogen) atoms. The Bertz CT molecular complexity index is 1150. The lowest BCUT2D eigenvalue weighted by atomic mass is 10.1. The molecule has 2 aromatic carbocycles. The van der Waals surface area contributed by atoms with Crippen LogP contribution in [0.25, 0.3) is 0 Å². The average molecular weight is 522 g/mol. The lowest BCUT2D eigenvalue weighted by molar-refractivity contribution is -0.140. The van der Waals surface area contributed by atoms with Gasteiger partial charge in [-0.05, 0) is 62.9 Å². The number of hydrogen-bond donors (Lipinski definition) is 1. The van der Waals surface area contributed by atoms with Gasteiger partial charge in [0.2, 0.25) is 21.8 Å². The van der Waals surface area contributed by atoms with Gasteiger partial charge in [0.25, 0.3) is 0 Å². The number of aryl methyl sites for hydroxylation is 2. The normalized spacial score (nSPS) is 13.1. The molecule has 9 heteroatoms. The molecule has 0 radical (unpaired) electrons. The van der Waals surface area contributed by atoms with Crippen LogP contribution in [0.3, 0.4) is 0 Å². The summed E-state index contributed by atoms with van der Waals surface area (Å²) in [5, 5.41) is 3.44. The topological polar surface area (TPSA) is 86.8 Å². The maximum atomic E-state index is 13.7. The monoisotopic (exact) mass is 521 g/mol. The zero-order chi connectivity index (χ0) is 26.3. The maximum absolute atomic E-state index is 13.7. The van der Waals surface area contributed by atoms with E-state index >= 15 is 0 Å². The van der Waals surface area contributed by atoms with Crippen molar-refractivity contribution in [1.82, 2.24) is 10.2 Å². The number of hydrogen-bond acceptors (Lipinski definition) is 4. The molecule has 0 fully saturated rings. The molecular formula is C26H36ClN3O4S. The van der Waals surface area contributed by atoms with Crippen LogP contribution in [0, 0.1) is 13.8 Å². The van der Waals surface area contributed by atoms with Crippen molar-refractivity contribution >= 4 is 39.1 Å². The lowest BCUT2D eigenvalue weighted by Crippen LogP contribution is -2.53. The molecule has 2 atom stereocenters. The number of sulfonamides is 1. The Morgan fingerprint density at radius 3 is 2.29 bits per heavy atom. The van der Waals surface area contributed by atoms with Crippen LogP contribution < -0.4 is 9.62 Å². The Balaban J connectivity index is 2.47. The number of nitrogens with one attached hydrogen (secondary N) is 1. The highest BCUT2D eigenvalue weighted by atomic mass is 35.5. The second-order valence-electron chi connectivity index (χ2n) is 8.95. The van der Waals surface area contributed by atoms with Crippen LogP contribution >= 0.6 is 11.6 Å². The van der Waals surface area contributed by atoms with Gasteiger partial charge in [-0.25, -0.2) is 8.42 Å². The first-order valence-corrected chi connectivity index (χ1v) is 14.0. The van der Waals surface area contributed by atoms with Crippen LogP contribution in [0.5, 0.6) is 0 Å². The number of halogens is 1. The predicted octanol–water partition coefficient (Wildman–Crippen LogP) is 4.44. The Morgan fingerprint density at radius 1 is 1.06 bits per heavy atom. The van der Waals surface area contributed by atoms with E-state index in [4.69, 9.17) is 11.6 Å². The number of anilines is 1. The fourth-order valence-corrected chi connectivity index (χ4v) is 5.00. The van der Waals surface area contributed by atoms with Crippen molar-refractivity contribution in [2.75, 3.05) is 17.1 Å². The van der Waals surface area contributed by atoms with Crippen molar-refractivity contribution in [2.45, 2.75) is 66.1 Å². The van der Waals surface area contributed by atoms with Gasteiger partial charge in [0.1, 0.15) is 12.6 Å². The van der Waals surface area contributed by atoms with E-state index in [-0.39, 0.29) is 18.5 Å². The zero-order valence-electron chi connectivity index (χ0n) is 21.3. The summed E-state index contributed by atoms with van der Waals surface area (Å²) in [6.07, 6.45) is 2.20. The van der Waals surface area contributed by atoms with Crippen molar-refractivity contribution in [2.24, 2.45) is 0 Å². The van der Waals surface area contributed by atoms with E-state index in [0.717, 1.165) is 28.1 Å². The van der Waals surface area contributed by atoms with Crippen molar-refractivity contribution in [3.8, 4) is 0 Å². The van der Waals surface area contributed by atoms with Gasteiger partial charge >= 0.3 is 0 Å². The minimum Gasteiger partial charge on any atom is -0.352 e. The molecule has 0 aliphatic carbocycles. The summed E-state index contributed by atoms with van der Waals surface area (Å²) >= 11 is 6.06. The largest absolute Gasteiger partial charge is 0.352 e. The highest BCUT2D eigenvalue weighted by molar-refractivity contribution is 7.92. The summed E-state index contributed by atoms with van der Waals surface area (Å²) < 4.78 is 26.5. The first-order valence-electron chi connectivity index (χ1n) is 11.8. The summed E-state index contributed by atoms with van der Waals surface area (Å²) in [5.41, 5.74) is 2.89. The fraction of sp³-hybridized carbons (Fsp3) is 0.462. The van der Waals surface area contributed by atoms with Crippen LogP contribution in [-0.4, -0.2) is 50.0 Å². The zero-order valence-corrected chi connectivity index (χ0v) is 22.9. The number of amides is 2. The van der Waals surface area contributed by atoms with Gasteiger partial charge in [-0.3, -0.25) is 13.9 Å². The van der Waals surface area contributed by atoms with Crippen molar-refractivity contribution < 1.29 is 18.0 Å². The molecule has 192 valence electrons. The molecule has 0 aromatic heterocycles. The second kappa shape index (κ2) is 12.4. The van der Waals surface area contributed by atoms with E-state index in [1.54, 1.807) is 25.1 Å². The van der Waals surface area contributed by atoms with Crippen LogP contribution in [0.1, 0.15) is 50.3 Å². The van der Waals surface area contributed by atoms with Gasteiger partial charge in [-0.1, -0.05) is 55.3 Å². The number of nitrogens with zero attached hydrogens (tertiary/aromatic N) is 2. The fourth-order valence-electron chi connectivity index (χ4n) is 3.86. The van der Waals surface area contributed by atoms with Crippen LogP contribution in [0.4, 0.5) is 5.69 Å². The summed E-state index contributed by atoms with van der Waals surface area (Å²) in [4.78, 5) is 28.3. The van der Waals surface area contributed by atoms with E-state index in [0.29, 0.717) is 22.7 Å². The molecule has 1 N–H and O–H groups in total. The Labute approximate surface area is 214 Å². The SMILES string of the molecule is CC[C@@H](C)NC(=O)[C@H](CC)N(Cc1cccc(C)c1)C(=O)CN(c1ccc(Cl)cc1C)S(C)(=O)=O. The van der Waals surface area contributed by atoms with E-state index in [1.807, 2.05) is 52.0 Å². The molecule has 2 amide bonds. The maximum Gasteiger partial charge on any atom is 0.244 e. The van der Waals surface area contributed by atoms with Gasteiger partial charge in [-0.15, -0.1) is 0 Å². The molecule has 0 saturated carbocycles. The summed E-state index contributed by atoms with van der Waals surface area (Å²) in [5.74, 6) is -0.714. The third-order valence-corrected chi connectivity index (χ3v) is 7.29. The summed E-state index contributed by atoms with van der Waals surface area (Å²) in [6.45, 7) is 9.17. The summed E-state index contributed by atoms with van der Waals surface area (Å²) in [6, 6.07) is 11.7. The number of carbonyl (C=O) groups is 2. The van der Waals surface area contributed by atoms with Crippen molar-refractivity contribution in [3.05, 3.63) is 64.2 Å². The van der Waals surface area contributed by atoms with Crippen LogP contribution in [0.2, 0.25) is 5.02 Å². The molecule has 0 heterocycles. The highest BCUT2D eigenvalue weighted by Gasteiger charge is 2.32. The minimum absolute atomic E-state index is 0.0447. The first kappa shape index (κ1) is 28.7. The number of benzene rings is 2. The summed E-state index contributed by atoms with van der Waals surface area (Å²) in [7, 11) is -3.79. The van der Waals surface area contributed by atoms with E-state index < -0.39 is 28.5 Å². The van der Waals surface area contributed by atoms with E-state index in [9.17, 15) is 18.0 Å². The molecule has 0 bridgehead atoms. The lowest BCUT2D eigenvalue weighted by Gasteiger charge is -2.33. The molecule has 2 rings (SSSR count). The molecular weight excluding hydrogens is 486 g/mol. The van der Waals surface area contributed by atoms with Crippen molar-refractivity contribution in [1.29, 1.82) is 0 Å². The molecule has 0 saturated heterocycles. The van der Waals surface area contributed by atoms with E-state index in [2.05, 4.69) is 5.32 Å².